The molecule has 0 saturated carbocycles. The first-order valence-corrected chi connectivity index (χ1v) is 13.7. The molecule has 1 fully saturated rings. The van der Waals surface area contributed by atoms with E-state index in [1.807, 2.05) is 43.3 Å². The van der Waals surface area contributed by atoms with E-state index >= 15 is 0 Å². The van der Waals surface area contributed by atoms with Crippen molar-refractivity contribution in [2.45, 2.75) is 11.8 Å². The molecule has 4 heterocycles. The summed E-state index contributed by atoms with van der Waals surface area (Å²) in [7, 11) is -2.37. The Morgan fingerprint density at radius 2 is 1.84 bits per heavy atom. The summed E-state index contributed by atoms with van der Waals surface area (Å²) >= 11 is 0. The summed E-state index contributed by atoms with van der Waals surface area (Å²) < 4.78 is 34.4. The number of aryl methyl sites for hydroxylation is 1. The maximum atomic E-state index is 13.8. The summed E-state index contributed by atoms with van der Waals surface area (Å²) in [6.07, 6.45) is 3.10. The number of ether oxygens (including phenoxy) is 1. The van der Waals surface area contributed by atoms with Crippen molar-refractivity contribution in [3.05, 3.63) is 72.7 Å². The number of rotatable bonds is 6. The minimum Gasteiger partial charge on any atom is -0.494 e. The van der Waals surface area contributed by atoms with Crippen LogP contribution in [0.3, 0.4) is 0 Å². The van der Waals surface area contributed by atoms with E-state index < -0.39 is 10.0 Å². The SMILES string of the molecule is COc1cc(N2CCNCC2)ccc1Nc1ncc2ccn(S(=O)(=O)c3cccc4ccc(C)nc34)c2n1. The van der Waals surface area contributed by atoms with E-state index in [2.05, 4.69) is 30.5 Å². The highest BCUT2D eigenvalue weighted by molar-refractivity contribution is 7.90. The van der Waals surface area contributed by atoms with Gasteiger partial charge in [0, 0.05) is 66.8 Å². The van der Waals surface area contributed by atoms with Gasteiger partial charge in [-0.1, -0.05) is 18.2 Å². The van der Waals surface area contributed by atoms with E-state index in [9.17, 15) is 8.42 Å². The average Bonchev–Trinajstić information content (AvgIpc) is 3.37. The molecule has 6 rings (SSSR count). The molecule has 0 spiro atoms. The molecule has 1 aliphatic heterocycles. The summed E-state index contributed by atoms with van der Waals surface area (Å²) in [6.45, 7) is 5.56. The van der Waals surface area contributed by atoms with Crippen molar-refractivity contribution in [2.75, 3.05) is 43.5 Å². The number of nitrogens with one attached hydrogen (secondary N) is 2. The van der Waals surface area contributed by atoms with E-state index in [0.29, 0.717) is 22.3 Å². The third kappa shape index (κ3) is 4.29. The van der Waals surface area contributed by atoms with Crippen molar-refractivity contribution in [3.8, 4) is 5.75 Å². The molecule has 5 aromatic rings. The van der Waals surface area contributed by atoms with E-state index in [4.69, 9.17) is 4.74 Å². The fourth-order valence-electron chi connectivity index (χ4n) is 4.70. The van der Waals surface area contributed by atoms with E-state index in [1.54, 1.807) is 31.5 Å². The van der Waals surface area contributed by atoms with Gasteiger partial charge in [0.05, 0.1) is 18.3 Å². The van der Waals surface area contributed by atoms with Crippen LogP contribution in [0.2, 0.25) is 0 Å². The number of hydrogen-bond donors (Lipinski definition) is 2. The first-order valence-electron chi connectivity index (χ1n) is 12.3. The fourth-order valence-corrected chi connectivity index (χ4v) is 6.17. The quantitative estimate of drug-likeness (QED) is 0.340. The minimum absolute atomic E-state index is 0.120. The molecular formula is C27H27N7O3S. The number of aromatic nitrogens is 4. The lowest BCUT2D eigenvalue weighted by atomic mass is 10.2. The number of nitrogens with zero attached hydrogens (tertiary/aromatic N) is 5. The van der Waals surface area contributed by atoms with Gasteiger partial charge in [-0.3, -0.25) is 4.98 Å². The number of para-hydroxylation sites is 1. The highest BCUT2D eigenvalue weighted by atomic mass is 32.2. The average molecular weight is 530 g/mol. The molecule has 0 unspecified atom stereocenters. The van der Waals surface area contributed by atoms with Gasteiger partial charge in [-0.05, 0) is 37.3 Å². The second-order valence-corrected chi connectivity index (χ2v) is 10.9. The summed E-state index contributed by atoms with van der Waals surface area (Å²) in [5, 5.41) is 7.90. The van der Waals surface area contributed by atoms with Gasteiger partial charge < -0.3 is 20.3 Å². The smallest absolute Gasteiger partial charge is 0.271 e. The van der Waals surface area contributed by atoms with Gasteiger partial charge in [-0.15, -0.1) is 0 Å². The lowest BCUT2D eigenvalue weighted by Crippen LogP contribution is -2.43. The molecule has 2 N–H and O–H groups in total. The second-order valence-electron chi connectivity index (χ2n) is 9.12. The highest BCUT2D eigenvalue weighted by Crippen LogP contribution is 2.32. The largest absolute Gasteiger partial charge is 0.494 e. The maximum Gasteiger partial charge on any atom is 0.271 e. The first-order chi connectivity index (χ1) is 18.4. The van der Waals surface area contributed by atoms with E-state index in [1.165, 1.54) is 10.2 Å². The predicted octanol–water partition coefficient (Wildman–Crippen LogP) is 3.69. The van der Waals surface area contributed by atoms with E-state index in [0.717, 1.165) is 42.9 Å². The van der Waals surface area contributed by atoms with Crippen LogP contribution in [0.4, 0.5) is 17.3 Å². The van der Waals surface area contributed by atoms with Crippen LogP contribution in [0.5, 0.6) is 5.75 Å². The Balaban J connectivity index is 1.37. The first kappa shape index (κ1) is 24.1. The molecule has 10 nitrogen and oxygen atoms in total. The lowest BCUT2D eigenvalue weighted by Gasteiger charge is -2.30. The number of piperazine rings is 1. The van der Waals surface area contributed by atoms with Crippen LogP contribution in [0.1, 0.15) is 5.69 Å². The molecule has 0 radical (unpaired) electrons. The van der Waals surface area contributed by atoms with Gasteiger partial charge in [0.15, 0.2) is 5.65 Å². The Morgan fingerprint density at radius 1 is 1.00 bits per heavy atom. The number of hydrogen-bond acceptors (Lipinski definition) is 9. The van der Waals surface area contributed by atoms with Gasteiger partial charge in [0.2, 0.25) is 5.95 Å². The van der Waals surface area contributed by atoms with Crippen LogP contribution in [-0.4, -0.2) is 60.6 Å². The molecule has 1 aliphatic rings. The molecule has 1 saturated heterocycles. The normalized spacial score (nSPS) is 14.2. The Labute approximate surface area is 220 Å². The van der Waals surface area contributed by atoms with Crippen LogP contribution in [0, 0.1) is 6.92 Å². The summed E-state index contributed by atoms with van der Waals surface area (Å²) in [5.74, 6) is 0.901. The zero-order valence-electron chi connectivity index (χ0n) is 21.0. The van der Waals surface area contributed by atoms with Crippen molar-refractivity contribution < 1.29 is 13.2 Å². The molecule has 194 valence electrons. The maximum absolute atomic E-state index is 13.8. The van der Waals surface area contributed by atoms with Crippen LogP contribution >= 0.6 is 0 Å². The van der Waals surface area contributed by atoms with Crippen molar-refractivity contribution in [1.82, 2.24) is 24.2 Å². The van der Waals surface area contributed by atoms with Crippen molar-refractivity contribution in [3.63, 3.8) is 0 Å². The molecule has 11 heteroatoms. The molecule has 0 bridgehead atoms. The summed E-state index contributed by atoms with van der Waals surface area (Å²) in [4.78, 5) is 15.9. The van der Waals surface area contributed by atoms with Gasteiger partial charge in [0.25, 0.3) is 10.0 Å². The summed E-state index contributed by atoms with van der Waals surface area (Å²) in [6, 6.07) is 16.5. The van der Waals surface area contributed by atoms with Crippen LogP contribution in [-0.2, 0) is 10.0 Å². The zero-order valence-corrected chi connectivity index (χ0v) is 21.9. The third-order valence-electron chi connectivity index (χ3n) is 6.67. The monoisotopic (exact) mass is 529 g/mol. The highest BCUT2D eigenvalue weighted by Gasteiger charge is 2.24. The summed E-state index contributed by atoms with van der Waals surface area (Å²) in [5.41, 5.74) is 3.19. The fraction of sp³-hybridized carbons (Fsp3) is 0.222. The minimum atomic E-state index is -3.99. The van der Waals surface area contributed by atoms with Gasteiger partial charge in [-0.2, -0.15) is 4.98 Å². The lowest BCUT2D eigenvalue weighted by molar-refractivity contribution is 0.416. The topological polar surface area (TPSA) is 114 Å². The van der Waals surface area contributed by atoms with Gasteiger partial charge in [0.1, 0.15) is 10.6 Å². The number of methoxy groups -OCH3 is 1. The van der Waals surface area contributed by atoms with Crippen LogP contribution in [0.15, 0.2) is 71.9 Å². The van der Waals surface area contributed by atoms with Gasteiger partial charge in [-0.25, -0.2) is 17.4 Å². The standard InChI is InChI=1S/C27H27N7O3S/c1-18-6-7-19-4-3-5-24(25(19)30-18)38(35,36)34-13-10-20-17-29-27(32-26(20)34)31-22-9-8-21(16-23(22)37-2)33-14-11-28-12-15-33/h3-10,13,16-17,28H,11-12,14-15H2,1-2H3,(H,29,31,32). The van der Waals surface area contributed by atoms with Crippen molar-refractivity contribution >= 4 is 49.3 Å². The van der Waals surface area contributed by atoms with Crippen LogP contribution in [0.25, 0.3) is 21.9 Å². The Morgan fingerprint density at radius 3 is 2.66 bits per heavy atom. The molecule has 0 atom stereocenters. The Bertz CT molecular complexity index is 1760. The van der Waals surface area contributed by atoms with Crippen molar-refractivity contribution in [1.29, 1.82) is 0 Å². The molecule has 38 heavy (non-hydrogen) atoms. The number of anilines is 3. The Kier molecular flexibility index (Phi) is 6.09. The molecular weight excluding hydrogens is 502 g/mol. The van der Waals surface area contributed by atoms with Crippen LogP contribution < -0.4 is 20.3 Å². The predicted molar refractivity (Wildman–Crippen MR) is 148 cm³/mol. The molecule has 0 amide bonds. The molecule has 3 aromatic heterocycles. The number of benzene rings is 2. The number of fused-ring (bicyclic) bond motifs is 2. The number of pyridine rings is 1. The third-order valence-corrected chi connectivity index (χ3v) is 8.37. The zero-order chi connectivity index (χ0) is 26.3. The molecule has 2 aromatic carbocycles. The Hall–Kier alpha value is -4.22. The van der Waals surface area contributed by atoms with Gasteiger partial charge >= 0.3 is 0 Å². The van der Waals surface area contributed by atoms with E-state index in [-0.39, 0.29) is 16.5 Å². The van der Waals surface area contributed by atoms with Crippen molar-refractivity contribution in [2.24, 2.45) is 0 Å². The molecule has 0 aliphatic carbocycles. The second kappa shape index (κ2) is 9.58.